The van der Waals surface area contributed by atoms with Crippen molar-refractivity contribution in [2.45, 2.75) is 25.8 Å². The van der Waals surface area contributed by atoms with E-state index in [1.807, 2.05) is 6.92 Å². The Morgan fingerprint density at radius 2 is 2.12 bits per heavy atom. The number of amides is 1. The van der Waals surface area contributed by atoms with Crippen LogP contribution in [0.1, 0.15) is 18.4 Å². The monoisotopic (exact) mass is 514 g/mol. The molecule has 7 nitrogen and oxygen atoms in total. The summed E-state index contributed by atoms with van der Waals surface area (Å²) >= 11 is 6.03. The van der Waals surface area contributed by atoms with Crippen molar-refractivity contribution >= 4 is 63.0 Å². The molecule has 1 aliphatic heterocycles. The number of nitrogens with one attached hydrogen (secondary N) is 3. The molecule has 146 valence electrons. The number of nitrogens with zero attached hydrogens (tertiary/aromatic N) is 1. The van der Waals surface area contributed by atoms with Crippen LogP contribution in [0, 0.1) is 6.92 Å². The zero-order valence-electron chi connectivity index (χ0n) is 14.7. The maximum atomic E-state index is 12.0. The molecule has 10 heteroatoms. The lowest BCUT2D eigenvalue weighted by Crippen LogP contribution is -2.44. The van der Waals surface area contributed by atoms with Crippen molar-refractivity contribution < 1.29 is 13.2 Å². The molecule has 0 saturated carbocycles. The van der Waals surface area contributed by atoms with Crippen molar-refractivity contribution in [1.29, 1.82) is 0 Å². The molecular formula is C16H24ClIN4O3S. The highest BCUT2D eigenvalue weighted by Crippen LogP contribution is 2.22. The minimum atomic E-state index is -2.95. The summed E-state index contributed by atoms with van der Waals surface area (Å²) in [5.41, 5.74) is 1.52. The van der Waals surface area contributed by atoms with Crippen LogP contribution in [0.3, 0.4) is 0 Å². The number of sulfone groups is 1. The summed E-state index contributed by atoms with van der Waals surface area (Å²) in [6, 6.07) is 5.21. The van der Waals surface area contributed by atoms with Gasteiger partial charge in [-0.1, -0.05) is 17.7 Å². The van der Waals surface area contributed by atoms with Crippen LogP contribution in [0.25, 0.3) is 0 Å². The van der Waals surface area contributed by atoms with E-state index in [-0.39, 0.29) is 53.9 Å². The van der Waals surface area contributed by atoms with Gasteiger partial charge in [0.2, 0.25) is 5.91 Å². The van der Waals surface area contributed by atoms with Gasteiger partial charge in [0.25, 0.3) is 0 Å². The predicted molar refractivity (Wildman–Crippen MR) is 116 cm³/mol. The van der Waals surface area contributed by atoms with Crippen LogP contribution in [-0.2, 0) is 14.6 Å². The predicted octanol–water partition coefficient (Wildman–Crippen LogP) is 1.95. The second-order valence-electron chi connectivity index (χ2n) is 5.95. The third kappa shape index (κ3) is 6.92. The number of hydrogen-bond acceptors (Lipinski definition) is 4. The Kier molecular flexibility index (Phi) is 9.11. The molecule has 3 N–H and O–H groups in total. The van der Waals surface area contributed by atoms with Gasteiger partial charge in [-0.25, -0.2) is 8.42 Å². The number of carbonyl (C=O) groups excluding carboxylic acids is 1. The summed E-state index contributed by atoms with van der Waals surface area (Å²) in [7, 11) is -1.34. The average Bonchev–Trinajstić information content (AvgIpc) is 2.89. The zero-order chi connectivity index (χ0) is 18.4. The summed E-state index contributed by atoms with van der Waals surface area (Å²) in [4.78, 5) is 16.1. The summed E-state index contributed by atoms with van der Waals surface area (Å²) < 4.78 is 23.0. The van der Waals surface area contributed by atoms with Crippen LogP contribution in [-0.4, -0.2) is 51.4 Å². The Morgan fingerprint density at radius 3 is 2.73 bits per heavy atom. The summed E-state index contributed by atoms with van der Waals surface area (Å²) in [6.07, 6.45) is 0.813. The first-order valence-electron chi connectivity index (χ1n) is 8.03. The van der Waals surface area contributed by atoms with Gasteiger partial charge in [0.05, 0.1) is 11.5 Å². The van der Waals surface area contributed by atoms with E-state index in [0.29, 0.717) is 29.6 Å². The van der Waals surface area contributed by atoms with E-state index < -0.39 is 9.84 Å². The van der Waals surface area contributed by atoms with Gasteiger partial charge in [0, 0.05) is 36.8 Å². The molecule has 1 aromatic carbocycles. The second-order valence-corrected chi connectivity index (χ2v) is 8.59. The highest BCUT2D eigenvalue weighted by molar-refractivity contribution is 14.0. The third-order valence-electron chi connectivity index (χ3n) is 3.98. The maximum Gasteiger partial charge on any atom is 0.226 e. The Morgan fingerprint density at radius 1 is 1.38 bits per heavy atom. The van der Waals surface area contributed by atoms with Gasteiger partial charge in [-0.2, -0.15) is 0 Å². The van der Waals surface area contributed by atoms with E-state index in [4.69, 9.17) is 11.6 Å². The number of benzene rings is 1. The highest BCUT2D eigenvalue weighted by Gasteiger charge is 2.28. The van der Waals surface area contributed by atoms with E-state index in [1.165, 1.54) is 0 Å². The molecular weight excluding hydrogens is 491 g/mol. The van der Waals surface area contributed by atoms with Crippen molar-refractivity contribution in [1.82, 2.24) is 10.6 Å². The lowest BCUT2D eigenvalue weighted by atomic mass is 10.2. The summed E-state index contributed by atoms with van der Waals surface area (Å²) in [5.74, 6) is 0.663. The highest BCUT2D eigenvalue weighted by atomic mass is 127. The number of anilines is 1. The van der Waals surface area contributed by atoms with E-state index in [9.17, 15) is 13.2 Å². The van der Waals surface area contributed by atoms with Gasteiger partial charge in [-0.05, 0) is 31.0 Å². The molecule has 1 aliphatic rings. The molecule has 0 radical (unpaired) electrons. The smallest absolute Gasteiger partial charge is 0.226 e. The van der Waals surface area contributed by atoms with Gasteiger partial charge in [-0.15, -0.1) is 24.0 Å². The molecule has 0 spiro atoms. The number of rotatable bonds is 5. The first-order valence-corrected chi connectivity index (χ1v) is 10.2. The van der Waals surface area contributed by atoms with Crippen molar-refractivity contribution in [2.24, 2.45) is 4.99 Å². The van der Waals surface area contributed by atoms with Crippen LogP contribution in [0.5, 0.6) is 0 Å². The minimum Gasteiger partial charge on any atom is -0.356 e. The van der Waals surface area contributed by atoms with Crippen molar-refractivity contribution in [3.05, 3.63) is 28.8 Å². The summed E-state index contributed by atoms with van der Waals surface area (Å²) in [5, 5.41) is 9.52. The fourth-order valence-corrected chi connectivity index (χ4v) is 4.39. The number of hydrogen-bond donors (Lipinski definition) is 3. The maximum absolute atomic E-state index is 12.0. The van der Waals surface area contributed by atoms with Crippen LogP contribution in [0.4, 0.5) is 5.69 Å². The van der Waals surface area contributed by atoms with Crippen molar-refractivity contribution in [2.75, 3.05) is 30.4 Å². The average molecular weight is 515 g/mol. The van der Waals surface area contributed by atoms with Crippen LogP contribution in [0.2, 0.25) is 5.02 Å². The molecule has 1 atom stereocenters. The number of carbonyl (C=O) groups is 1. The SMILES string of the molecule is CN=C(NCCC(=O)Nc1cccc(Cl)c1C)NC1CCS(=O)(=O)C1.I. The first kappa shape index (κ1) is 23.0. The van der Waals surface area contributed by atoms with Crippen LogP contribution in [0.15, 0.2) is 23.2 Å². The Balaban J connectivity index is 0.00000338. The molecule has 26 heavy (non-hydrogen) atoms. The van der Waals surface area contributed by atoms with E-state index in [1.54, 1.807) is 25.2 Å². The Bertz CT molecular complexity index is 771. The number of halogens is 2. The number of guanidine groups is 1. The quantitative estimate of drug-likeness (QED) is 0.317. The molecule has 1 aromatic rings. The van der Waals surface area contributed by atoms with Gasteiger partial charge in [0.1, 0.15) is 0 Å². The molecule has 1 unspecified atom stereocenters. The largest absolute Gasteiger partial charge is 0.356 e. The summed E-state index contributed by atoms with van der Waals surface area (Å²) in [6.45, 7) is 2.22. The van der Waals surface area contributed by atoms with Crippen LogP contribution >= 0.6 is 35.6 Å². The first-order chi connectivity index (χ1) is 11.8. The lowest BCUT2D eigenvalue weighted by molar-refractivity contribution is -0.116. The van der Waals surface area contributed by atoms with Gasteiger partial charge in [0.15, 0.2) is 15.8 Å². The van der Waals surface area contributed by atoms with Gasteiger partial charge < -0.3 is 16.0 Å². The molecule has 1 fully saturated rings. The molecule has 1 saturated heterocycles. The fraction of sp³-hybridized carbons (Fsp3) is 0.500. The molecule has 1 heterocycles. The molecule has 0 bridgehead atoms. The normalized spacial score (nSPS) is 18.7. The van der Waals surface area contributed by atoms with Crippen LogP contribution < -0.4 is 16.0 Å². The molecule has 0 aromatic heterocycles. The minimum absolute atomic E-state index is 0. The topological polar surface area (TPSA) is 99.7 Å². The Labute approximate surface area is 176 Å². The molecule has 0 aliphatic carbocycles. The standard InChI is InChI=1S/C16H23ClN4O3S.HI/c1-11-13(17)4-3-5-14(11)21-15(22)6-8-19-16(18-2)20-12-7-9-25(23,24)10-12;/h3-5,12H,6-10H2,1-2H3,(H,21,22)(H2,18,19,20);1H. The van der Waals surface area contributed by atoms with E-state index >= 15 is 0 Å². The van der Waals surface area contributed by atoms with Crippen molar-refractivity contribution in [3.63, 3.8) is 0 Å². The van der Waals surface area contributed by atoms with Gasteiger partial charge in [-0.3, -0.25) is 9.79 Å². The second kappa shape index (κ2) is 10.3. The third-order valence-corrected chi connectivity index (χ3v) is 6.16. The van der Waals surface area contributed by atoms with E-state index in [0.717, 1.165) is 5.56 Å². The molecule has 1 amide bonds. The van der Waals surface area contributed by atoms with Crippen molar-refractivity contribution in [3.8, 4) is 0 Å². The lowest BCUT2D eigenvalue weighted by Gasteiger charge is -2.16. The fourth-order valence-electron chi connectivity index (χ4n) is 2.55. The Hall–Kier alpha value is -1.07. The van der Waals surface area contributed by atoms with E-state index in [2.05, 4.69) is 20.9 Å². The molecule has 2 rings (SSSR count). The number of aliphatic imine (C=N–C) groups is 1. The van der Waals surface area contributed by atoms with Gasteiger partial charge >= 0.3 is 0 Å². The zero-order valence-corrected chi connectivity index (χ0v) is 18.6.